The fourth-order valence-corrected chi connectivity index (χ4v) is 3.41. The van der Waals surface area contributed by atoms with Crippen LogP contribution in [0.3, 0.4) is 0 Å². The molecule has 1 aliphatic heterocycles. The lowest BCUT2D eigenvalue weighted by Gasteiger charge is -2.35. The standard InChI is InChI=1S/C15H22N2/c1-16-10-14-6-4-8-17(14)11-13-9-12-5-2-3-7-15(12)13/h2-3,5,7,13-14,16H,4,6,8-11H2,1H3. The molecule has 2 unspecified atom stereocenters. The van der Waals surface area contributed by atoms with Gasteiger partial charge in [-0.15, -0.1) is 0 Å². The van der Waals surface area contributed by atoms with Crippen LogP contribution in [-0.4, -0.2) is 37.6 Å². The Labute approximate surface area is 104 Å². The molecule has 0 bridgehead atoms. The second-order valence-electron chi connectivity index (χ2n) is 5.45. The Balaban J connectivity index is 1.62. The van der Waals surface area contributed by atoms with Crippen molar-refractivity contribution < 1.29 is 0 Å². The van der Waals surface area contributed by atoms with E-state index in [0.29, 0.717) is 0 Å². The van der Waals surface area contributed by atoms with Gasteiger partial charge in [0, 0.05) is 25.0 Å². The van der Waals surface area contributed by atoms with Crippen LogP contribution in [-0.2, 0) is 6.42 Å². The summed E-state index contributed by atoms with van der Waals surface area (Å²) in [6.07, 6.45) is 4.04. The number of benzene rings is 1. The van der Waals surface area contributed by atoms with Crippen molar-refractivity contribution in [3.05, 3.63) is 35.4 Å². The van der Waals surface area contributed by atoms with Crippen LogP contribution in [0.15, 0.2) is 24.3 Å². The van der Waals surface area contributed by atoms with Crippen molar-refractivity contribution in [2.75, 3.05) is 26.7 Å². The number of nitrogens with zero attached hydrogens (tertiary/aromatic N) is 1. The molecule has 0 saturated carbocycles. The SMILES string of the molecule is CNCC1CCCN1CC1Cc2ccccc21. The molecule has 1 heterocycles. The molecular formula is C15H22N2. The van der Waals surface area contributed by atoms with E-state index >= 15 is 0 Å². The Morgan fingerprint density at radius 3 is 3.06 bits per heavy atom. The highest BCUT2D eigenvalue weighted by molar-refractivity contribution is 5.40. The highest BCUT2D eigenvalue weighted by Crippen LogP contribution is 2.36. The van der Waals surface area contributed by atoms with E-state index < -0.39 is 0 Å². The Bertz CT molecular complexity index is 388. The number of rotatable bonds is 4. The molecule has 1 saturated heterocycles. The number of likely N-dealkylation sites (tertiary alicyclic amines) is 1. The van der Waals surface area contributed by atoms with Crippen LogP contribution >= 0.6 is 0 Å². The molecule has 0 spiro atoms. The van der Waals surface area contributed by atoms with Crippen molar-refractivity contribution in [1.29, 1.82) is 0 Å². The molecule has 0 radical (unpaired) electrons. The second-order valence-corrected chi connectivity index (χ2v) is 5.45. The monoisotopic (exact) mass is 230 g/mol. The Hall–Kier alpha value is -0.860. The third kappa shape index (κ3) is 2.12. The first-order chi connectivity index (χ1) is 8.38. The maximum atomic E-state index is 3.33. The van der Waals surface area contributed by atoms with E-state index in [1.54, 1.807) is 11.1 Å². The lowest BCUT2D eigenvalue weighted by molar-refractivity contribution is 0.227. The molecule has 2 aliphatic rings. The summed E-state index contributed by atoms with van der Waals surface area (Å²) in [4.78, 5) is 2.69. The van der Waals surface area contributed by atoms with Gasteiger partial charge in [-0.05, 0) is 44.0 Å². The van der Waals surface area contributed by atoms with Crippen molar-refractivity contribution in [2.24, 2.45) is 0 Å². The average Bonchev–Trinajstić information content (AvgIpc) is 2.74. The molecule has 2 nitrogen and oxygen atoms in total. The maximum Gasteiger partial charge on any atom is 0.0221 e. The summed E-state index contributed by atoms with van der Waals surface area (Å²) >= 11 is 0. The fraction of sp³-hybridized carbons (Fsp3) is 0.600. The molecule has 92 valence electrons. The molecule has 2 heteroatoms. The smallest absolute Gasteiger partial charge is 0.0221 e. The molecule has 2 atom stereocenters. The van der Waals surface area contributed by atoms with Crippen LogP contribution in [0.1, 0.15) is 29.9 Å². The van der Waals surface area contributed by atoms with E-state index in [4.69, 9.17) is 0 Å². The zero-order chi connectivity index (χ0) is 11.7. The number of fused-ring (bicyclic) bond motifs is 1. The van der Waals surface area contributed by atoms with E-state index in [0.717, 1.165) is 18.5 Å². The Kier molecular flexibility index (Phi) is 3.17. The van der Waals surface area contributed by atoms with Crippen molar-refractivity contribution in [2.45, 2.75) is 31.2 Å². The number of hydrogen-bond donors (Lipinski definition) is 1. The molecule has 3 rings (SSSR count). The van der Waals surface area contributed by atoms with Crippen molar-refractivity contribution >= 4 is 0 Å². The first kappa shape index (κ1) is 11.2. The van der Waals surface area contributed by atoms with Gasteiger partial charge in [0.25, 0.3) is 0 Å². The van der Waals surface area contributed by atoms with Gasteiger partial charge in [0.15, 0.2) is 0 Å². The summed E-state index contributed by atoms with van der Waals surface area (Å²) in [6.45, 7) is 3.71. The third-order valence-electron chi connectivity index (χ3n) is 4.35. The molecule has 1 aliphatic carbocycles. The highest BCUT2D eigenvalue weighted by atomic mass is 15.2. The van der Waals surface area contributed by atoms with Crippen LogP contribution in [0.5, 0.6) is 0 Å². The minimum atomic E-state index is 0.771. The van der Waals surface area contributed by atoms with Gasteiger partial charge >= 0.3 is 0 Å². The summed E-state index contributed by atoms with van der Waals surface area (Å²) in [6, 6.07) is 9.70. The molecular weight excluding hydrogens is 208 g/mol. The molecule has 0 aromatic heterocycles. The molecule has 1 aromatic rings. The minimum absolute atomic E-state index is 0.771. The molecule has 1 aromatic carbocycles. The molecule has 17 heavy (non-hydrogen) atoms. The van der Waals surface area contributed by atoms with Gasteiger partial charge in [-0.25, -0.2) is 0 Å². The quantitative estimate of drug-likeness (QED) is 0.851. The number of nitrogens with one attached hydrogen (secondary N) is 1. The summed E-state index contributed by atoms with van der Waals surface area (Å²) in [7, 11) is 2.06. The maximum absolute atomic E-state index is 3.33. The van der Waals surface area contributed by atoms with Gasteiger partial charge in [0.05, 0.1) is 0 Å². The molecule has 1 fully saturated rings. The Morgan fingerprint density at radius 1 is 1.35 bits per heavy atom. The van der Waals surface area contributed by atoms with Crippen molar-refractivity contribution in [3.63, 3.8) is 0 Å². The fourth-order valence-electron chi connectivity index (χ4n) is 3.41. The summed E-state index contributed by atoms with van der Waals surface area (Å²) in [5.74, 6) is 0.795. The average molecular weight is 230 g/mol. The zero-order valence-corrected chi connectivity index (χ0v) is 10.7. The normalized spacial score (nSPS) is 27.8. The predicted octanol–water partition coefficient (Wildman–Crippen LogP) is 2.01. The number of likely N-dealkylation sites (N-methyl/N-ethyl adjacent to an activating group) is 1. The van der Waals surface area contributed by atoms with Gasteiger partial charge in [0.1, 0.15) is 0 Å². The van der Waals surface area contributed by atoms with E-state index in [9.17, 15) is 0 Å². The van der Waals surface area contributed by atoms with Crippen molar-refractivity contribution in [3.8, 4) is 0 Å². The van der Waals surface area contributed by atoms with Crippen LogP contribution < -0.4 is 5.32 Å². The summed E-state index contributed by atoms with van der Waals surface area (Å²) < 4.78 is 0. The topological polar surface area (TPSA) is 15.3 Å². The van der Waals surface area contributed by atoms with Crippen molar-refractivity contribution in [1.82, 2.24) is 10.2 Å². The van der Waals surface area contributed by atoms with Gasteiger partial charge < -0.3 is 5.32 Å². The van der Waals surface area contributed by atoms with E-state index in [1.165, 1.54) is 32.4 Å². The largest absolute Gasteiger partial charge is 0.318 e. The van der Waals surface area contributed by atoms with Gasteiger partial charge in [-0.3, -0.25) is 4.90 Å². The van der Waals surface area contributed by atoms with Crippen LogP contribution in [0.2, 0.25) is 0 Å². The minimum Gasteiger partial charge on any atom is -0.318 e. The van der Waals surface area contributed by atoms with E-state index in [-0.39, 0.29) is 0 Å². The summed E-state index contributed by atoms with van der Waals surface area (Å²) in [5.41, 5.74) is 3.17. The first-order valence-electron chi connectivity index (χ1n) is 6.85. The highest BCUT2D eigenvalue weighted by Gasteiger charge is 2.31. The van der Waals surface area contributed by atoms with Gasteiger partial charge in [-0.2, -0.15) is 0 Å². The van der Waals surface area contributed by atoms with Gasteiger partial charge in [-0.1, -0.05) is 24.3 Å². The zero-order valence-electron chi connectivity index (χ0n) is 10.7. The lowest BCUT2D eigenvalue weighted by atomic mass is 9.77. The Morgan fingerprint density at radius 2 is 2.24 bits per heavy atom. The van der Waals surface area contributed by atoms with E-state index in [2.05, 4.69) is 41.5 Å². The third-order valence-corrected chi connectivity index (χ3v) is 4.35. The predicted molar refractivity (Wildman–Crippen MR) is 71.4 cm³/mol. The number of hydrogen-bond acceptors (Lipinski definition) is 2. The molecule has 1 N–H and O–H groups in total. The van der Waals surface area contributed by atoms with Gasteiger partial charge in [0.2, 0.25) is 0 Å². The van der Waals surface area contributed by atoms with Crippen LogP contribution in [0.25, 0.3) is 0 Å². The summed E-state index contributed by atoms with van der Waals surface area (Å²) in [5, 5.41) is 3.33. The van der Waals surface area contributed by atoms with Crippen LogP contribution in [0, 0.1) is 0 Å². The lowest BCUT2D eigenvalue weighted by Crippen LogP contribution is -2.41. The second kappa shape index (κ2) is 4.79. The molecule has 0 amide bonds. The van der Waals surface area contributed by atoms with Crippen LogP contribution in [0.4, 0.5) is 0 Å². The van der Waals surface area contributed by atoms with E-state index in [1.807, 2.05) is 0 Å². The first-order valence-corrected chi connectivity index (χ1v) is 6.85.